The molecule has 3 rings (SSSR count). The smallest absolute Gasteiger partial charge is 0.273 e. The molecule has 1 aliphatic rings. The van der Waals surface area contributed by atoms with Crippen LogP contribution in [0.2, 0.25) is 0 Å². The molecular formula is C18H23N3O2. The van der Waals surface area contributed by atoms with Crippen molar-refractivity contribution in [3.8, 4) is 0 Å². The van der Waals surface area contributed by atoms with Gasteiger partial charge in [0.25, 0.3) is 5.91 Å². The van der Waals surface area contributed by atoms with E-state index in [0.717, 1.165) is 17.2 Å². The van der Waals surface area contributed by atoms with E-state index < -0.39 is 0 Å². The van der Waals surface area contributed by atoms with E-state index in [0.29, 0.717) is 18.8 Å². The summed E-state index contributed by atoms with van der Waals surface area (Å²) in [5, 5.41) is 11.5. The normalized spacial score (nSPS) is 21.8. The molecule has 0 spiro atoms. The maximum absolute atomic E-state index is 13.0. The zero-order valence-electron chi connectivity index (χ0n) is 13.6. The fourth-order valence-corrected chi connectivity index (χ4v) is 3.40. The molecule has 2 aromatic rings. The van der Waals surface area contributed by atoms with Crippen LogP contribution in [0.5, 0.6) is 0 Å². The highest BCUT2D eigenvalue weighted by Gasteiger charge is 2.33. The van der Waals surface area contributed by atoms with Gasteiger partial charge in [-0.05, 0) is 32.0 Å². The molecule has 1 saturated heterocycles. The summed E-state index contributed by atoms with van der Waals surface area (Å²) in [5.74, 6) is 0.194. The van der Waals surface area contributed by atoms with Gasteiger partial charge in [0.2, 0.25) is 0 Å². The van der Waals surface area contributed by atoms with Crippen molar-refractivity contribution in [2.45, 2.75) is 12.5 Å². The van der Waals surface area contributed by atoms with Gasteiger partial charge in [0.05, 0.1) is 0 Å². The molecule has 0 aliphatic carbocycles. The molecule has 1 fully saturated rings. The minimum atomic E-state index is -0.0231. The van der Waals surface area contributed by atoms with E-state index >= 15 is 0 Å². The number of carbonyl (C=O) groups excluding carboxylic acids is 1. The molecule has 0 bridgehead atoms. The van der Waals surface area contributed by atoms with Crippen LogP contribution in [0.25, 0.3) is 10.8 Å². The van der Waals surface area contributed by atoms with Gasteiger partial charge in [0.1, 0.15) is 5.69 Å². The lowest BCUT2D eigenvalue weighted by atomic mass is 9.91. The average Bonchev–Trinajstić information content (AvgIpc) is 2.60. The van der Waals surface area contributed by atoms with Crippen LogP contribution < -0.4 is 0 Å². The van der Waals surface area contributed by atoms with Crippen molar-refractivity contribution >= 4 is 16.7 Å². The Balaban J connectivity index is 1.88. The molecule has 0 radical (unpaired) electrons. The molecule has 0 unspecified atom stereocenters. The third-order valence-electron chi connectivity index (χ3n) is 4.78. The maximum Gasteiger partial charge on any atom is 0.273 e. The van der Waals surface area contributed by atoms with Gasteiger partial charge in [-0.1, -0.05) is 24.3 Å². The van der Waals surface area contributed by atoms with Gasteiger partial charge in [0, 0.05) is 43.2 Å². The van der Waals surface area contributed by atoms with Crippen molar-refractivity contribution in [1.82, 2.24) is 14.8 Å². The Bertz CT molecular complexity index is 696. The Morgan fingerprint density at radius 1 is 1.35 bits per heavy atom. The van der Waals surface area contributed by atoms with Gasteiger partial charge in [-0.2, -0.15) is 0 Å². The molecule has 122 valence electrons. The topological polar surface area (TPSA) is 56.7 Å². The molecule has 1 N–H and O–H groups in total. The number of piperidine rings is 1. The Kier molecular flexibility index (Phi) is 4.59. The van der Waals surface area contributed by atoms with Crippen molar-refractivity contribution in [3.05, 3.63) is 42.2 Å². The molecule has 2 heterocycles. The number of carbonyl (C=O) groups is 1. The fourth-order valence-electron chi connectivity index (χ4n) is 3.40. The number of pyridine rings is 1. The summed E-state index contributed by atoms with van der Waals surface area (Å²) in [6, 6.07) is 9.93. The predicted molar refractivity (Wildman–Crippen MR) is 90.3 cm³/mol. The summed E-state index contributed by atoms with van der Waals surface area (Å²) in [5.41, 5.74) is 0.517. The summed E-state index contributed by atoms with van der Waals surface area (Å²) in [7, 11) is 3.99. The standard InChI is InChI=1S/C18H23N3O2/c1-20(2)16-11-21(10-8-14(16)12-22)18(23)17-15-6-4-3-5-13(15)7-9-19-17/h3-7,9,14,16,22H,8,10-12H2,1-2H3/t14-,16-/m1/s1. The summed E-state index contributed by atoms with van der Waals surface area (Å²) in [6.45, 7) is 1.46. The number of hydrogen-bond acceptors (Lipinski definition) is 4. The number of benzene rings is 1. The SMILES string of the molecule is CN(C)[C@@H]1CN(C(=O)c2nccc3ccccc23)CC[C@@H]1CO. The zero-order chi connectivity index (χ0) is 16.4. The molecule has 0 saturated carbocycles. The van der Waals surface area contributed by atoms with Gasteiger partial charge in [-0.25, -0.2) is 0 Å². The van der Waals surface area contributed by atoms with Gasteiger partial charge in [-0.3, -0.25) is 9.78 Å². The number of likely N-dealkylation sites (N-methyl/N-ethyl adjacent to an activating group) is 1. The van der Waals surface area contributed by atoms with E-state index in [-0.39, 0.29) is 24.5 Å². The van der Waals surface area contributed by atoms with E-state index in [2.05, 4.69) is 9.88 Å². The third kappa shape index (κ3) is 3.07. The summed E-state index contributed by atoms with van der Waals surface area (Å²) in [4.78, 5) is 21.3. The number of amides is 1. The Hall–Kier alpha value is -1.98. The third-order valence-corrected chi connectivity index (χ3v) is 4.78. The van der Waals surface area contributed by atoms with E-state index in [1.54, 1.807) is 6.20 Å². The second-order valence-corrected chi connectivity index (χ2v) is 6.39. The minimum absolute atomic E-state index is 0.0231. The molecular weight excluding hydrogens is 290 g/mol. The predicted octanol–water partition coefficient (Wildman–Crippen LogP) is 1.62. The molecule has 5 nitrogen and oxygen atoms in total. The van der Waals surface area contributed by atoms with Crippen LogP contribution in [0.1, 0.15) is 16.9 Å². The van der Waals surface area contributed by atoms with E-state index in [4.69, 9.17) is 0 Å². The van der Waals surface area contributed by atoms with Gasteiger partial charge < -0.3 is 14.9 Å². The number of fused-ring (bicyclic) bond motifs is 1. The van der Waals surface area contributed by atoms with Crippen LogP contribution in [0.4, 0.5) is 0 Å². The van der Waals surface area contributed by atoms with Crippen LogP contribution >= 0.6 is 0 Å². The van der Waals surface area contributed by atoms with Crippen molar-refractivity contribution in [1.29, 1.82) is 0 Å². The first-order chi connectivity index (χ1) is 11.1. The number of likely N-dealkylation sites (tertiary alicyclic amines) is 1. The number of rotatable bonds is 3. The van der Waals surface area contributed by atoms with Crippen LogP contribution in [0.15, 0.2) is 36.5 Å². The lowest BCUT2D eigenvalue weighted by molar-refractivity contribution is 0.0377. The van der Waals surface area contributed by atoms with Gasteiger partial charge in [0.15, 0.2) is 0 Å². The molecule has 2 atom stereocenters. The second-order valence-electron chi connectivity index (χ2n) is 6.39. The number of aromatic nitrogens is 1. The Morgan fingerprint density at radius 2 is 2.13 bits per heavy atom. The summed E-state index contributed by atoms with van der Waals surface area (Å²) in [6.07, 6.45) is 2.51. The maximum atomic E-state index is 13.0. The molecule has 1 aromatic heterocycles. The second kappa shape index (κ2) is 6.64. The lowest BCUT2D eigenvalue weighted by Gasteiger charge is -2.41. The minimum Gasteiger partial charge on any atom is -0.396 e. The average molecular weight is 313 g/mol. The quantitative estimate of drug-likeness (QED) is 0.935. The highest BCUT2D eigenvalue weighted by atomic mass is 16.3. The highest BCUT2D eigenvalue weighted by Crippen LogP contribution is 2.24. The number of nitrogens with zero attached hydrogens (tertiary/aromatic N) is 3. The van der Waals surface area contributed by atoms with E-state index in [1.807, 2.05) is 49.3 Å². The molecule has 23 heavy (non-hydrogen) atoms. The van der Waals surface area contributed by atoms with Crippen LogP contribution in [-0.2, 0) is 0 Å². The van der Waals surface area contributed by atoms with Crippen LogP contribution in [0.3, 0.4) is 0 Å². The van der Waals surface area contributed by atoms with Crippen LogP contribution in [-0.4, -0.2) is 65.6 Å². The number of aliphatic hydroxyl groups excluding tert-OH is 1. The lowest BCUT2D eigenvalue weighted by Crippen LogP contribution is -2.53. The first-order valence-corrected chi connectivity index (χ1v) is 8.02. The van der Waals surface area contributed by atoms with E-state index in [9.17, 15) is 9.90 Å². The monoisotopic (exact) mass is 313 g/mol. The Morgan fingerprint density at radius 3 is 2.87 bits per heavy atom. The van der Waals surface area contributed by atoms with E-state index in [1.165, 1.54) is 0 Å². The van der Waals surface area contributed by atoms with Crippen molar-refractivity contribution < 1.29 is 9.90 Å². The zero-order valence-corrected chi connectivity index (χ0v) is 13.6. The van der Waals surface area contributed by atoms with Crippen molar-refractivity contribution in [2.75, 3.05) is 33.8 Å². The number of hydrogen-bond donors (Lipinski definition) is 1. The Labute approximate surface area is 136 Å². The molecule has 1 aromatic carbocycles. The first-order valence-electron chi connectivity index (χ1n) is 8.02. The molecule has 5 heteroatoms. The summed E-state index contributed by atoms with van der Waals surface area (Å²) < 4.78 is 0. The number of aliphatic hydroxyl groups is 1. The summed E-state index contributed by atoms with van der Waals surface area (Å²) >= 11 is 0. The van der Waals surface area contributed by atoms with Crippen molar-refractivity contribution in [3.63, 3.8) is 0 Å². The van der Waals surface area contributed by atoms with Crippen LogP contribution in [0, 0.1) is 5.92 Å². The van der Waals surface area contributed by atoms with Gasteiger partial charge in [-0.15, -0.1) is 0 Å². The first kappa shape index (κ1) is 15.9. The highest BCUT2D eigenvalue weighted by molar-refractivity contribution is 6.05. The molecule has 1 amide bonds. The fraction of sp³-hybridized carbons (Fsp3) is 0.444. The van der Waals surface area contributed by atoms with Crippen molar-refractivity contribution in [2.24, 2.45) is 5.92 Å². The largest absolute Gasteiger partial charge is 0.396 e. The van der Waals surface area contributed by atoms with Gasteiger partial charge >= 0.3 is 0 Å². The molecule has 1 aliphatic heterocycles.